The second kappa shape index (κ2) is 8.48. The summed E-state index contributed by atoms with van der Waals surface area (Å²) in [7, 11) is 0. The van der Waals surface area contributed by atoms with Gasteiger partial charge in [0.05, 0.1) is 12.2 Å². The topological polar surface area (TPSA) is 56.5 Å². The summed E-state index contributed by atoms with van der Waals surface area (Å²) in [6, 6.07) is 15.9. The van der Waals surface area contributed by atoms with Gasteiger partial charge in [0.1, 0.15) is 17.2 Å². The molecule has 8 heteroatoms. The van der Waals surface area contributed by atoms with Crippen LogP contribution in [0, 0.1) is 11.6 Å². The zero-order chi connectivity index (χ0) is 20.2. The van der Waals surface area contributed by atoms with Crippen molar-refractivity contribution in [2.24, 2.45) is 0 Å². The fourth-order valence-corrected chi connectivity index (χ4v) is 3.70. The highest BCUT2D eigenvalue weighted by molar-refractivity contribution is 7.99. The highest BCUT2D eigenvalue weighted by atomic mass is 32.2. The highest BCUT2D eigenvalue weighted by Crippen LogP contribution is 2.31. The lowest BCUT2D eigenvalue weighted by atomic mass is 10.2. The maximum Gasteiger partial charge on any atom is 0.198 e. The van der Waals surface area contributed by atoms with Gasteiger partial charge in [-0.15, -0.1) is 10.2 Å². The number of aryl methyl sites for hydroxylation is 1. The Balaban J connectivity index is 1.76. The van der Waals surface area contributed by atoms with Gasteiger partial charge in [0.25, 0.3) is 0 Å². The summed E-state index contributed by atoms with van der Waals surface area (Å²) in [4.78, 5) is 8.04. The number of hydrogen-bond acceptors (Lipinski definition) is 5. The zero-order valence-corrected chi connectivity index (χ0v) is 16.4. The maximum absolute atomic E-state index is 14.6. The molecule has 4 rings (SSSR count). The van der Waals surface area contributed by atoms with Crippen molar-refractivity contribution < 1.29 is 8.78 Å². The minimum Gasteiger partial charge on any atom is -0.297 e. The van der Waals surface area contributed by atoms with Crippen LogP contribution in [0.3, 0.4) is 0 Å². The predicted octanol–water partition coefficient (Wildman–Crippen LogP) is 4.78. The van der Waals surface area contributed by atoms with Gasteiger partial charge in [0.15, 0.2) is 16.8 Å². The van der Waals surface area contributed by atoms with E-state index in [1.165, 1.54) is 18.5 Å². The Kier molecular flexibility index (Phi) is 5.62. The third-order valence-electron chi connectivity index (χ3n) is 4.36. The molecule has 0 aliphatic rings. The van der Waals surface area contributed by atoms with Crippen LogP contribution in [0.25, 0.3) is 11.4 Å². The summed E-state index contributed by atoms with van der Waals surface area (Å²) in [5.74, 6) is -0.202. The van der Waals surface area contributed by atoms with Gasteiger partial charge in [0, 0.05) is 5.56 Å². The highest BCUT2D eigenvalue weighted by Gasteiger charge is 2.19. The van der Waals surface area contributed by atoms with E-state index in [-0.39, 0.29) is 10.8 Å². The third kappa shape index (κ3) is 4.17. The van der Waals surface area contributed by atoms with E-state index in [4.69, 9.17) is 0 Å². The molecular weight excluding hydrogens is 392 g/mol. The Morgan fingerprint density at radius 1 is 0.931 bits per heavy atom. The Morgan fingerprint density at radius 3 is 2.41 bits per heavy atom. The number of halogens is 2. The molecule has 29 heavy (non-hydrogen) atoms. The normalized spacial score (nSPS) is 11.0. The van der Waals surface area contributed by atoms with E-state index in [1.807, 2.05) is 41.8 Å². The van der Waals surface area contributed by atoms with Crippen molar-refractivity contribution in [1.82, 2.24) is 24.7 Å². The zero-order valence-electron chi connectivity index (χ0n) is 15.6. The molecule has 2 heterocycles. The van der Waals surface area contributed by atoms with Crippen molar-refractivity contribution >= 4 is 11.8 Å². The van der Waals surface area contributed by atoms with E-state index in [9.17, 15) is 8.78 Å². The molecule has 0 spiro atoms. The van der Waals surface area contributed by atoms with Crippen molar-refractivity contribution in [3.8, 4) is 11.4 Å². The fourth-order valence-electron chi connectivity index (χ4n) is 2.88. The Hall–Kier alpha value is -3.13. The van der Waals surface area contributed by atoms with E-state index in [0.717, 1.165) is 22.9 Å². The predicted molar refractivity (Wildman–Crippen MR) is 106 cm³/mol. The first-order chi connectivity index (χ1) is 14.2. The van der Waals surface area contributed by atoms with Crippen LogP contribution in [0.1, 0.15) is 18.2 Å². The summed E-state index contributed by atoms with van der Waals surface area (Å²) < 4.78 is 29.9. The molecule has 0 aliphatic carbocycles. The second-order valence-corrected chi connectivity index (χ2v) is 7.24. The van der Waals surface area contributed by atoms with Crippen LogP contribution in [0.2, 0.25) is 0 Å². The fraction of sp³-hybridized carbons (Fsp3) is 0.143. The SMILES string of the molecule is CCc1ncnc(Sc2nnc(-c3ccc(F)cc3)n2Cc2ccccc2)c1F. The molecule has 0 bridgehead atoms. The first-order valence-electron chi connectivity index (χ1n) is 9.06. The van der Waals surface area contributed by atoms with Crippen LogP contribution in [-0.2, 0) is 13.0 Å². The van der Waals surface area contributed by atoms with Crippen molar-refractivity contribution in [3.05, 3.63) is 83.8 Å². The molecule has 5 nitrogen and oxygen atoms in total. The second-order valence-electron chi connectivity index (χ2n) is 6.28. The molecule has 0 radical (unpaired) electrons. The summed E-state index contributed by atoms with van der Waals surface area (Å²) in [6.45, 7) is 2.32. The van der Waals surface area contributed by atoms with Crippen LogP contribution >= 0.6 is 11.8 Å². The van der Waals surface area contributed by atoms with Crippen molar-refractivity contribution in [1.29, 1.82) is 0 Å². The van der Waals surface area contributed by atoms with Crippen molar-refractivity contribution in [2.75, 3.05) is 0 Å². The van der Waals surface area contributed by atoms with Gasteiger partial charge < -0.3 is 0 Å². The van der Waals surface area contributed by atoms with Crippen LogP contribution in [-0.4, -0.2) is 24.7 Å². The largest absolute Gasteiger partial charge is 0.297 e. The van der Waals surface area contributed by atoms with Crippen LogP contribution in [0.15, 0.2) is 71.1 Å². The number of benzene rings is 2. The van der Waals surface area contributed by atoms with Gasteiger partial charge in [-0.05, 0) is 48.0 Å². The standard InChI is InChI=1S/C21H17F2N5S/c1-2-17-18(23)20(25-13-24-17)29-21-27-26-19(15-8-10-16(22)11-9-15)28(21)12-14-6-4-3-5-7-14/h3-11,13H,2,12H2,1H3. The molecule has 0 N–H and O–H groups in total. The molecule has 2 aromatic heterocycles. The van der Waals surface area contributed by atoms with Gasteiger partial charge in [-0.3, -0.25) is 4.57 Å². The van der Waals surface area contributed by atoms with Crippen LogP contribution in [0.4, 0.5) is 8.78 Å². The molecule has 0 atom stereocenters. The lowest BCUT2D eigenvalue weighted by Gasteiger charge is -2.11. The smallest absolute Gasteiger partial charge is 0.198 e. The molecule has 4 aromatic rings. The average Bonchev–Trinajstić information content (AvgIpc) is 3.13. The summed E-state index contributed by atoms with van der Waals surface area (Å²) >= 11 is 1.10. The van der Waals surface area contributed by atoms with E-state index >= 15 is 0 Å². The van der Waals surface area contributed by atoms with E-state index < -0.39 is 5.82 Å². The van der Waals surface area contributed by atoms with Gasteiger partial charge in [-0.1, -0.05) is 37.3 Å². The molecule has 0 fully saturated rings. The van der Waals surface area contributed by atoms with Gasteiger partial charge in [-0.25, -0.2) is 18.7 Å². The lowest BCUT2D eigenvalue weighted by molar-refractivity contribution is 0.558. The third-order valence-corrected chi connectivity index (χ3v) is 5.32. The Bertz CT molecular complexity index is 1110. The van der Waals surface area contributed by atoms with Gasteiger partial charge in [0.2, 0.25) is 0 Å². The average molecular weight is 409 g/mol. The Morgan fingerprint density at radius 2 is 1.69 bits per heavy atom. The lowest BCUT2D eigenvalue weighted by Crippen LogP contribution is -2.05. The Labute approximate surface area is 170 Å². The van der Waals surface area contributed by atoms with E-state index in [0.29, 0.717) is 29.6 Å². The number of nitrogens with zero attached hydrogens (tertiary/aromatic N) is 5. The monoisotopic (exact) mass is 409 g/mol. The van der Waals surface area contributed by atoms with Crippen LogP contribution in [0.5, 0.6) is 0 Å². The number of aromatic nitrogens is 5. The molecule has 0 aliphatic heterocycles. The molecule has 0 saturated heterocycles. The van der Waals surface area contributed by atoms with E-state index in [1.54, 1.807) is 12.1 Å². The maximum atomic E-state index is 14.6. The minimum atomic E-state index is -0.447. The molecule has 146 valence electrons. The molecule has 0 saturated carbocycles. The first kappa shape index (κ1) is 19.2. The van der Waals surface area contributed by atoms with Gasteiger partial charge >= 0.3 is 0 Å². The number of hydrogen-bond donors (Lipinski definition) is 0. The molecule has 0 amide bonds. The molecule has 0 unspecified atom stereocenters. The first-order valence-corrected chi connectivity index (χ1v) is 9.87. The summed E-state index contributed by atoms with van der Waals surface area (Å²) in [5, 5.41) is 9.23. The van der Waals surface area contributed by atoms with E-state index in [2.05, 4.69) is 20.2 Å². The minimum absolute atomic E-state index is 0.198. The molecule has 2 aromatic carbocycles. The number of rotatable bonds is 6. The van der Waals surface area contributed by atoms with Crippen molar-refractivity contribution in [3.63, 3.8) is 0 Å². The summed E-state index contributed by atoms with van der Waals surface area (Å²) in [5.41, 5.74) is 2.12. The van der Waals surface area contributed by atoms with Crippen molar-refractivity contribution in [2.45, 2.75) is 30.1 Å². The summed E-state index contributed by atoms with van der Waals surface area (Å²) in [6.07, 6.45) is 1.82. The quantitative estimate of drug-likeness (QED) is 0.429. The van der Waals surface area contributed by atoms with Gasteiger partial charge in [-0.2, -0.15) is 0 Å². The molecular formula is C21H17F2N5S. The van der Waals surface area contributed by atoms with Crippen LogP contribution < -0.4 is 0 Å².